The first-order valence-corrected chi connectivity index (χ1v) is 10.4. The fourth-order valence-corrected chi connectivity index (χ4v) is 4.46. The van der Waals surface area contributed by atoms with Crippen molar-refractivity contribution in [1.29, 1.82) is 0 Å². The zero-order valence-electron chi connectivity index (χ0n) is 16.2. The van der Waals surface area contributed by atoms with Crippen molar-refractivity contribution in [3.63, 3.8) is 0 Å². The van der Waals surface area contributed by atoms with Gasteiger partial charge in [-0.2, -0.15) is 0 Å². The number of hydrogen-bond donors (Lipinski definition) is 1. The molecule has 0 saturated heterocycles. The van der Waals surface area contributed by atoms with E-state index in [1.165, 1.54) is 17.8 Å². The van der Waals surface area contributed by atoms with Crippen molar-refractivity contribution in [3.05, 3.63) is 70.9 Å². The molecule has 29 heavy (non-hydrogen) atoms. The summed E-state index contributed by atoms with van der Waals surface area (Å²) in [5, 5.41) is 4.38. The molecule has 0 radical (unpaired) electrons. The van der Waals surface area contributed by atoms with Gasteiger partial charge in [0, 0.05) is 23.8 Å². The summed E-state index contributed by atoms with van der Waals surface area (Å²) in [6.45, 7) is 2.06. The Labute approximate surface area is 174 Å². The monoisotopic (exact) mass is 411 g/mol. The molecule has 1 amide bonds. The van der Waals surface area contributed by atoms with Crippen molar-refractivity contribution in [2.75, 3.05) is 0 Å². The molecule has 2 heterocycles. The van der Waals surface area contributed by atoms with Crippen LogP contribution in [-0.2, 0) is 0 Å². The molecule has 3 aromatic rings. The van der Waals surface area contributed by atoms with Crippen LogP contribution < -0.4 is 5.32 Å². The highest BCUT2D eigenvalue weighted by Crippen LogP contribution is 2.39. The molecular formula is C23H23ClFN3O. The Morgan fingerprint density at radius 2 is 1.93 bits per heavy atom. The molecule has 0 spiro atoms. The van der Waals surface area contributed by atoms with E-state index in [1.807, 2.05) is 12.3 Å². The van der Waals surface area contributed by atoms with Gasteiger partial charge in [0.2, 0.25) is 0 Å². The molecule has 1 N–H and O–H groups in total. The molecule has 1 saturated carbocycles. The number of aromatic nitrogens is 2. The molecule has 1 aliphatic carbocycles. The van der Waals surface area contributed by atoms with Crippen LogP contribution >= 0.6 is 11.6 Å². The zero-order valence-corrected chi connectivity index (χ0v) is 17.0. The fourth-order valence-electron chi connectivity index (χ4n) is 4.34. The Morgan fingerprint density at radius 1 is 1.14 bits per heavy atom. The average Bonchev–Trinajstić information content (AvgIpc) is 2.74. The smallest absolute Gasteiger partial charge is 0.253 e. The van der Waals surface area contributed by atoms with Crippen LogP contribution in [0.5, 0.6) is 0 Å². The van der Waals surface area contributed by atoms with Crippen molar-refractivity contribution < 1.29 is 9.18 Å². The second kappa shape index (κ2) is 8.46. The van der Waals surface area contributed by atoms with Crippen LogP contribution in [0.25, 0.3) is 10.9 Å². The summed E-state index contributed by atoms with van der Waals surface area (Å²) in [5.74, 6) is 0.454. The number of rotatable bonds is 4. The topological polar surface area (TPSA) is 54.9 Å². The van der Waals surface area contributed by atoms with Crippen molar-refractivity contribution in [2.24, 2.45) is 5.92 Å². The molecule has 1 aromatic carbocycles. The van der Waals surface area contributed by atoms with Crippen LogP contribution in [0.3, 0.4) is 0 Å². The Hall–Kier alpha value is -2.53. The van der Waals surface area contributed by atoms with Gasteiger partial charge in [0.25, 0.3) is 5.91 Å². The molecule has 0 unspecified atom stereocenters. The maximum Gasteiger partial charge on any atom is 0.253 e. The minimum absolute atomic E-state index is 0.0748. The number of nitrogens with zero attached hydrogens (tertiary/aromatic N) is 2. The van der Waals surface area contributed by atoms with Crippen LogP contribution in [0.2, 0.25) is 5.15 Å². The summed E-state index contributed by atoms with van der Waals surface area (Å²) in [6.07, 6.45) is 7.37. The van der Waals surface area contributed by atoms with Crippen LogP contribution in [-0.4, -0.2) is 21.9 Å². The Bertz CT molecular complexity index is 1020. The number of nitrogens with one attached hydrogen (secondary N) is 1. The van der Waals surface area contributed by atoms with Gasteiger partial charge in [0.15, 0.2) is 0 Å². The lowest BCUT2D eigenvalue weighted by Gasteiger charge is -2.33. The van der Waals surface area contributed by atoms with Crippen molar-refractivity contribution in [1.82, 2.24) is 15.3 Å². The minimum Gasteiger partial charge on any atom is -0.349 e. The summed E-state index contributed by atoms with van der Waals surface area (Å²) in [6, 6.07) is 10.2. The number of amides is 1. The Balaban J connectivity index is 1.40. The first kappa shape index (κ1) is 19.8. The summed E-state index contributed by atoms with van der Waals surface area (Å²) in [7, 11) is 0. The van der Waals surface area contributed by atoms with Gasteiger partial charge in [-0.15, -0.1) is 0 Å². The lowest BCUT2D eigenvalue weighted by molar-refractivity contribution is 0.0917. The van der Waals surface area contributed by atoms with Gasteiger partial charge in [0.1, 0.15) is 11.0 Å². The third-order valence-corrected chi connectivity index (χ3v) is 6.23. The van der Waals surface area contributed by atoms with Crippen LogP contribution in [0.15, 0.2) is 48.8 Å². The minimum atomic E-state index is -0.228. The second-order valence-electron chi connectivity index (χ2n) is 7.81. The molecule has 1 aliphatic rings. The SMILES string of the molecule is C[C@@H](NC(=O)c1ccc(Cl)nc1)C1CCC(c2ccnc3ccc(F)cc23)CC1. The number of benzene rings is 1. The molecule has 150 valence electrons. The van der Waals surface area contributed by atoms with E-state index in [-0.39, 0.29) is 17.8 Å². The third-order valence-electron chi connectivity index (χ3n) is 6.00. The number of fused-ring (bicyclic) bond motifs is 1. The standard InChI is InChI=1S/C23H23ClFN3O/c1-14(28-23(29)17-6-9-22(24)27-13-17)15-2-4-16(5-3-15)19-10-11-26-21-8-7-18(25)12-20(19)21/h6-16H,2-5H2,1H3,(H,28,29)/t14-,15?,16?/m1/s1. The summed E-state index contributed by atoms with van der Waals surface area (Å²) < 4.78 is 13.8. The maximum atomic E-state index is 13.8. The average molecular weight is 412 g/mol. The normalized spacial score (nSPS) is 20.4. The highest BCUT2D eigenvalue weighted by molar-refractivity contribution is 6.29. The van der Waals surface area contributed by atoms with E-state index in [1.54, 1.807) is 24.3 Å². The number of carbonyl (C=O) groups is 1. The fraction of sp³-hybridized carbons (Fsp3) is 0.348. The first-order valence-electron chi connectivity index (χ1n) is 9.98. The summed E-state index contributed by atoms with van der Waals surface area (Å²) >= 11 is 5.79. The Kier molecular flexibility index (Phi) is 5.76. The van der Waals surface area contributed by atoms with E-state index in [0.29, 0.717) is 22.6 Å². The van der Waals surface area contributed by atoms with Crippen LogP contribution in [0.1, 0.15) is 54.4 Å². The van der Waals surface area contributed by atoms with E-state index in [4.69, 9.17) is 11.6 Å². The zero-order chi connectivity index (χ0) is 20.4. The molecule has 4 nitrogen and oxygen atoms in total. The maximum absolute atomic E-state index is 13.8. The van der Waals surface area contributed by atoms with Crippen molar-refractivity contribution in [2.45, 2.75) is 44.6 Å². The Morgan fingerprint density at radius 3 is 2.66 bits per heavy atom. The quantitative estimate of drug-likeness (QED) is 0.575. The van der Waals surface area contributed by atoms with Gasteiger partial charge in [0.05, 0.1) is 11.1 Å². The number of pyridine rings is 2. The summed E-state index contributed by atoms with van der Waals surface area (Å²) in [4.78, 5) is 20.8. The molecular weight excluding hydrogens is 389 g/mol. The van der Waals surface area contributed by atoms with E-state index in [2.05, 4.69) is 22.2 Å². The van der Waals surface area contributed by atoms with Gasteiger partial charge >= 0.3 is 0 Å². The predicted octanol–water partition coefficient (Wildman–Crippen LogP) is 5.51. The molecule has 2 aromatic heterocycles. The lowest BCUT2D eigenvalue weighted by Crippen LogP contribution is -2.39. The van der Waals surface area contributed by atoms with E-state index in [0.717, 1.165) is 36.6 Å². The number of carbonyl (C=O) groups excluding carboxylic acids is 1. The lowest BCUT2D eigenvalue weighted by atomic mass is 9.75. The second-order valence-corrected chi connectivity index (χ2v) is 8.19. The van der Waals surface area contributed by atoms with E-state index in [9.17, 15) is 9.18 Å². The predicted molar refractivity (Wildman–Crippen MR) is 113 cm³/mol. The van der Waals surface area contributed by atoms with Gasteiger partial charge in [-0.1, -0.05) is 11.6 Å². The van der Waals surface area contributed by atoms with Crippen LogP contribution in [0, 0.1) is 11.7 Å². The summed E-state index contributed by atoms with van der Waals surface area (Å²) in [5.41, 5.74) is 2.53. The van der Waals surface area contributed by atoms with Crippen molar-refractivity contribution >= 4 is 28.4 Å². The molecule has 0 aliphatic heterocycles. The molecule has 1 fully saturated rings. The largest absolute Gasteiger partial charge is 0.349 e. The molecule has 6 heteroatoms. The number of hydrogen-bond acceptors (Lipinski definition) is 3. The van der Waals surface area contributed by atoms with Gasteiger partial charge in [-0.05, 0) is 86.4 Å². The van der Waals surface area contributed by atoms with Crippen molar-refractivity contribution in [3.8, 4) is 0 Å². The van der Waals surface area contributed by atoms with Gasteiger partial charge < -0.3 is 5.32 Å². The van der Waals surface area contributed by atoms with Crippen LogP contribution in [0.4, 0.5) is 4.39 Å². The molecule has 0 bridgehead atoms. The van der Waals surface area contributed by atoms with Gasteiger partial charge in [-0.25, -0.2) is 9.37 Å². The highest BCUT2D eigenvalue weighted by atomic mass is 35.5. The number of halogens is 2. The highest BCUT2D eigenvalue weighted by Gasteiger charge is 2.28. The van der Waals surface area contributed by atoms with E-state index < -0.39 is 0 Å². The van der Waals surface area contributed by atoms with E-state index >= 15 is 0 Å². The molecule has 1 atom stereocenters. The molecule has 4 rings (SSSR count). The van der Waals surface area contributed by atoms with Gasteiger partial charge in [-0.3, -0.25) is 9.78 Å². The first-order chi connectivity index (χ1) is 14.0. The third kappa shape index (κ3) is 4.40.